The Hall–Kier alpha value is -1.48. The van der Waals surface area contributed by atoms with Gasteiger partial charge < -0.3 is 0 Å². The minimum atomic E-state index is 0.105. The molecule has 1 aromatic carbocycles. The standard InChI is InChI=1S/C15H14BrNO/c1-10-3-4-12(7-11(10)2)15(18)8-14-6-5-13(16)9-17-14/h3-7,9H,8H2,1-2H3. The Bertz CT molecular complexity index is 576. The first-order valence-electron chi connectivity index (χ1n) is 5.77. The normalized spacial score (nSPS) is 10.4. The van der Waals surface area contributed by atoms with Crippen LogP contribution >= 0.6 is 15.9 Å². The first-order chi connectivity index (χ1) is 8.56. The summed E-state index contributed by atoms with van der Waals surface area (Å²) in [5.41, 5.74) is 3.89. The molecule has 0 atom stereocenters. The molecule has 0 fully saturated rings. The van der Waals surface area contributed by atoms with E-state index in [1.165, 1.54) is 5.56 Å². The summed E-state index contributed by atoms with van der Waals surface area (Å²) in [5, 5.41) is 0. The van der Waals surface area contributed by atoms with Gasteiger partial charge in [-0.15, -0.1) is 0 Å². The van der Waals surface area contributed by atoms with E-state index in [0.29, 0.717) is 6.42 Å². The molecular weight excluding hydrogens is 290 g/mol. The number of carbonyl (C=O) groups is 1. The molecule has 2 nitrogen and oxygen atoms in total. The fraction of sp³-hybridized carbons (Fsp3) is 0.200. The number of hydrogen-bond donors (Lipinski definition) is 0. The van der Waals surface area contributed by atoms with Gasteiger partial charge in [0.05, 0.1) is 6.42 Å². The van der Waals surface area contributed by atoms with Gasteiger partial charge in [-0.05, 0) is 59.1 Å². The van der Waals surface area contributed by atoms with E-state index >= 15 is 0 Å². The molecule has 0 radical (unpaired) electrons. The number of benzene rings is 1. The average Bonchev–Trinajstić information content (AvgIpc) is 2.35. The van der Waals surface area contributed by atoms with E-state index in [4.69, 9.17) is 0 Å². The summed E-state index contributed by atoms with van der Waals surface area (Å²) < 4.78 is 0.921. The zero-order valence-electron chi connectivity index (χ0n) is 10.4. The third-order valence-corrected chi connectivity index (χ3v) is 3.43. The van der Waals surface area contributed by atoms with Gasteiger partial charge in [0.1, 0.15) is 0 Å². The quantitative estimate of drug-likeness (QED) is 0.805. The van der Waals surface area contributed by atoms with E-state index in [-0.39, 0.29) is 5.78 Å². The van der Waals surface area contributed by atoms with Gasteiger partial charge in [-0.25, -0.2) is 0 Å². The largest absolute Gasteiger partial charge is 0.294 e. The van der Waals surface area contributed by atoms with E-state index in [1.807, 2.05) is 44.2 Å². The lowest BCUT2D eigenvalue weighted by molar-refractivity contribution is 0.0992. The van der Waals surface area contributed by atoms with Gasteiger partial charge >= 0.3 is 0 Å². The monoisotopic (exact) mass is 303 g/mol. The minimum Gasteiger partial charge on any atom is -0.294 e. The molecule has 92 valence electrons. The van der Waals surface area contributed by atoms with Crippen LogP contribution in [0.15, 0.2) is 41.0 Å². The molecule has 0 spiro atoms. The number of aryl methyl sites for hydroxylation is 2. The Morgan fingerprint density at radius 2 is 1.94 bits per heavy atom. The summed E-state index contributed by atoms with van der Waals surface area (Å²) in [6.45, 7) is 4.06. The predicted octanol–water partition coefficient (Wildman–Crippen LogP) is 3.89. The summed E-state index contributed by atoms with van der Waals surface area (Å²) in [4.78, 5) is 16.3. The topological polar surface area (TPSA) is 30.0 Å². The zero-order valence-corrected chi connectivity index (χ0v) is 12.0. The number of pyridine rings is 1. The summed E-state index contributed by atoms with van der Waals surface area (Å²) in [7, 11) is 0. The number of nitrogens with zero attached hydrogens (tertiary/aromatic N) is 1. The van der Waals surface area contributed by atoms with Crippen molar-refractivity contribution >= 4 is 21.7 Å². The van der Waals surface area contributed by atoms with E-state index in [0.717, 1.165) is 21.3 Å². The number of ketones is 1. The van der Waals surface area contributed by atoms with Crippen molar-refractivity contribution in [2.24, 2.45) is 0 Å². The first-order valence-corrected chi connectivity index (χ1v) is 6.56. The van der Waals surface area contributed by atoms with Gasteiger partial charge in [-0.1, -0.05) is 12.1 Å². The van der Waals surface area contributed by atoms with Crippen LogP contribution in [0.4, 0.5) is 0 Å². The van der Waals surface area contributed by atoms with Crippen LogP contribution in [0.1, 0.15) is 27.2 Å². The van der Waals surface area contributed by atoms with Crippen LogP contribution in [0.3, 0.4) is 0 Å². The van der Waals surface area contributed by atoms with Crippen LogP contribution < -0.4 is 0 Å². The maximum Gasteiger partial charge on any atom is 0.168 e. The van der Waals surface area contributed by atoms with Crippen molar-refractivity contribution in [1.29, 1.82) is 0 Å². The molecular formula is C15H14BrNO. The highest BCUT2D eigenvalue weighted by molar-refractivity contribution is 9.10. The second-order valence-corrected chi connectivity index (χ2v) is 5.28. The Balaban J connectivity index is 2.16. The highest BCUT2D eigenvalue weighted by Crippen LogP contribution is 2.13. The third kappa shape index (κ3) is 3.05. The molecule has 0 aliphatic rings. The van der Waals surface area contributed by atoms with E-state index in [2.05, 4.69) is 20.9 Å². The number of halogens is 1. The molecule has 18 heavy (non-hydrogen) atoms. The van der Waals surface area contributed by atoms with Crippen molar-refractivity contribution < 1.29 is 4.79 Å². The zero-order chi connectivity index (χ0) is 13.1. The fourth-order valence-corrected chi connectivity index (χ4v) is 1.93. The summed E-state index contributed by atoms with van der Waals surface area (Å²) in [6, 6.07) is 9.57. The third-order valence-electron chi connectivity index (χ3n) is 2.96. The Morgan fingerprint density at radius 3 is 2.56 bits per heavy atom. The Kier molecular flexibility index (Phi) is 3.92. The Morgan fingerprint density at radius 1 is 1.17 bits per heavy atom. The first kappa shape index (κ1) is 13.0. The lowest BCUT2D eigenvalue weighted by Crippen LogP contribution is -2.05. The molecule has 2 rings (SSSR count). The van der Waals surface area contributed by atoms with E-state index in [9.17, 15) is 4.79 Å². The maximum absolute atomic E-state index is 12.1. The van der Waals surface area contributed by atoms with E-state index in [1.54, 1.807) is 6.20 Å². The summed E-state index contributed by atoms with van der Waals surface area (Å²) >= 11 is 3.33. The molecule has 0 bridgehead atoms. The SMILES string of the molecule is Cc1ccc(C(=O)Cc2ccc(Br)cn2)cc1C. The second kappa shape index (κ2) is 5.44. The molecule has 1 heterocycles. The predicted molar refractivity (Wildman–Crippen MR) is 75.9 cm³/mol. The van der Waals surface area contributed by atoms with Gasteiger partial charge in [0.2, 0.25) is 0 Å². The van der Waals surface area contributed by atoms with Crippen molar-refractivity contribution in [3.05, 3.63) is 63.4 Å². The maximum atomic E-state index is 12.1. The fourth-order valence-electron chi connectivity index (χ4n) is 1.69. The molecule has 0 aliphatic carbocycles. The van der Waals surface area contributed by atoms with Gasteiger partial charge in [-0.2, -0.15) is 0 Å². The van der Waals surface area contributed by atoms with Crippen molar-refractivity contribution in [2.75, 3.05) is 0 Å². The van der Waals surface area contributed by atoms with Gasteiger partial charge in [0.15, 0.2) is 5.78 Å². The van der Waals surface area contributed by atoms with Crippen molar-refractivity contribution in [1.82, 2.24) is 4.98 Å². The van der Waals surface area contributed by atoms with Gasteiger partial charge in [0.25, 0.3) is 0 Å². The molecule has 0 unspecified atom stereocenters. The smallest absolute Gasteiger partial charge is 0.168 e. The lowest BCUT2D eigenvalue weighted by atomic mass is 10.0. The second-order valence-electron chi connectivity index (χ2n) is 4.37. The van der Waals surface area contributed by atoms with Crippen LogP contribution in [0.25, 0.3) is 0 Å². The molecule has 0 saturated heterocycles. The van der Waals surface area contributed by atoms with Crippen molar-refractivity contribution in [3.8, 4) is 0 Å². The number of Topliss-reactive ketones (excluding diaryl/α,β-unsaturated/α-hetero) is 1. The van der Waals surface area contributed by atoms with Gasteiger partial charge in [0, 0.05) is 21.9 Å². The number of rotatable bonds is 3. The van der Waals surface area contributed by atoms with E-state index < -0.39 is 0 Å². The minimum absolute atomic E-state index is 0.105. The average molecular weight is 304 g/mol. The number of hydrogen-bond acceptors (Lipinski definition) is 2. The highest BCUT2D eigenvalue weighted by Gasteiger charge is 2.08. The van der Waals surface area contributed by atoms with Crippen LogP contribution in [0, 0.1) is 13.8 Å². The van der Waals surface area contributed by atoms with Crippen LogP contribution in [0.5, 0.6) is 0 Å². The highest BCUT2D eigenvalue weighted by atomic mass is 79.9. The molecule has 1 aromatic heterocycles. The molecule has 0 N–H and O–H groups in total. The number of aromatic nitrogens is 1. The lowest BCUT2D eigenvalue weighted by Gasteiger charge is -2.04. The summed E-state index contributed by atoms with van der Waals surface area (Å²) in [5.74, 6) is 0.105. The number of carbonyl (C=O) groups excluding carboxylic acids is 1. The van der Waals surface area contributed by atoms with Crippen molar-refractivity contribution in [3.63, 3.8) is 0 Å². The molecule has 0 saturated carbocycles. The van der Waals surface area contributed by atoms with Crippen LogP contribution in [0.2, 0.25) is 0 Å². The molecule has 0 amide bonds. The Labute approximate surface area is 115 Å². The van der Waals surface area contributed by atoms with Crippen molar-refractivity contribution in [2.45, 2.75) is 20.3 Å². The molecule has 2 aromatic rings. The molecule has 3 heteroatoms. The summed E-state index contributed by atoms with van der Waals surface area (Å²) in [6.07, 6.45) is 2.05. The molecule has 0 aliphatic heterocycles. The van der Waals surface area contributed by atoms with Crippen LogP contribution in [-0.2, 0) is 6.42 Å². The van der Waals surface area contributed by atoms with Crippen LogP contribution in [-0.4, -0.2) is 10.8 Å². The van der Waals surface area contributed by atoms with Gasteiger partial charge in [-0.3, -0.25) is 9.78 Å².